The van der Waals surface area contributed by atoms with Gasteiger partial charge in [0.2, 0.25) is 27.7 Å². The number of hydrogen-bond acceptors (Lipinski definition) is 5. The Balaban J connectivity index is 2.26. The Hall–Kier alpha value is -2.46. The summed E-state index contributed by atoms with van der Waals surface area (Å²) in [5.74, 6) is -1.17. The highest BCUT2D eigenvalue weighted by atomic mass is 32.2. The number of sulfonamides is 1. The minimum Gasteiger partial charge on any atom is -0.354 e. The molecule has 1 aliphatic rings. The second kappa shape index (κ2) is 8.49. The van der Waals surface area contributed by atoms with Gasteiger partial charge in [0.05, 0.1) is 11.3 Å². The van der Waals surface area contributed by atoms with Crippen LogP contribution in [-0.4, -0.2) is 55.6 Å². The van der Waals surface area contributed by atoms with Gasteiger partial charge in [-0.1, -0.05) is 0 Å². The summed E-state index contributed by atoms with van der Waals surface area (Å²) in [5.41, 5.74) is 0.464. The standard InChI is InChI=1S/C17H24N4O5S/c1-11(2)19-16(23)10-15-17(24)18-8-9-21(15)27(25,26)14-6-4-13(5-7-14)20-12(3)22/h4-7,11,15H,8-10H2,1-3H3,(H,18,24)(H,19,23)(H,20,22). The summed E-state index contributed by atoms with van der Waals surface area (Å²) in [7, 11) is -3.98. The van der Waals surface area contributed by atoms with Crippen LogP contribution in [-0.2, 0) is 24.4 Å². The molecule has 1 aromatic carbocycles. The molecule has 1 fully saturated rings. The highest BCUT2D eigenvalue weighted by Gasteiger charge is 2.39. The molecule has 10 heteroatoms. The maximum Gasteiger partial charge on any atom is 0.243 e. The number of piperazine rings is 1. The van der Waals surface area contributed by atoms with Crippen molar-refractivity contribution >= 4 is 33.4 Å². The monoisotopic (exact) mass is 396 g/mol. The predicted octanol–water partition coefficient (Wildman–Crippen LogP) is 0.0488. The van der Waals surface area contributed by atoms with E-state index in [1.807, 2.05) is 0 Å². The third-order valence-electron chi connectivity index (χ3n) is 3.89. The number of nitrogens with one attached hydrogen (secondary N) is 3. The molecule has 1 saturated heterocycles. The Kier molecular flexibility index (Phi) is 6.55. The molecule has 27 heavy (non-hydrogen) atoms. The van der Waals surface area contributed by atoms with Crippen LogP contribution in [0.4, 0.5) is 5.69 Å². The van der Waals surface area contributed by atoms with Gasteiger partial charge < -0.3 is 16.0 Å². The van der Waals surface area contributed by atoms with Crippen LogP contribution in [0.15, 0.2) is 29.2 Å². The van der Waals surface area contributed by atoms with Gasteiger partial charge in [0.1, 0.15) is 6.04 Å². The molecule has 0 aliphatic carbocycles. The van der Waals surface area contributed by atoms with E-state index in [2.05, 4.69) is 16.0 Å². The molecule has 1 heterocycles. The molecular formula is C17H24N4O5S. The van der Waals surface area contributed by atoms with Gasteiger partial charge in [-0.15, -0.1) is 0 Å². The van der Waals surface area contributed by atoms with Crippen LogP contribution in [0.25, 0.3) is 0 Å². The van der Waals surface area contributed by atoms with Crippen molar-refractivity contribution in [2.24, 2.45) is 0 Å². The lowest BCUT2D eigenvalue weighted by Crippen LogP contribution is -2.58. The highest BCUT2D eigenvalue weighted by molar-refractivity contribution is 7.89. The number of amides is 3. The maximum absolute atomic E-state index is 13.0. The number of carbonyl (C=O) groups excluding carboxylic acids is 3. The molecule has 0 spiro atoms. The third kappa shape index (κ3) is 5.27. The Labute approximate surface area is 158 Å². The fourth-order valence-corrected chi connectivity index (χ4v) is 4.37. The third-order valence-corrected chi connectivity index (χ3v) is 5.81. The second-order valence-corrected chi connectivity index (χ2v) is 8.45. The minimum atomic E-state index is -3.98. The SMILES string of the molecule is CC(=O)Nc1ccc(S(=O)(=O)N2CCNC(=O)C2CC(=O)NC(C)C)cc1. The molecule has 2 rings (SSSR count). The van der Waals surface area contributed by atoms with Gasteiger partial charge in [-0.05, 0) is 38.1 Å². The van der Waals surface area contributed by atoms with Crippen LogP contribution in [0, 0.1) is 0 Å². The zero-order chi connectivity index (χ0) is 20.2. The predicted molar refractivity (Wildman–Crippen MR) is 99.3 cm³/mol. The summed E-state index contributed by atoms with van der Waals surface area (Å²) in [6.07, 6.45) is -0.257. The molecule has 9 nitrogen and oxygen atoms in total. The molecule has 0 bridgehead atoms. The van der Waals surface area contributed by atoms with E-state index >= 15 is 0 Å². The van der Waals surface area contributed by atoms with Gasteiger partial charge in [-0.25, -0.2) is 8.42 Å². The zero-order valence-corrected chi connectivity index (χ0v) is 16.3. The fraction of sp³-hybridized carbons (Fsp3) is 0.471. The van der Waals surface area contributed by atoms with E-state index < -0.39 is 27.9 Å². The van der Waals surface area contributed by atoms with Crippen LogP contribution in [0.3, 0.4) is 0 Å². The number of nitrogens with zero attached hydrogens (tertiary/aromatic N) is 1. The van der Waals surface area contributed by atoms with Gasteiger partial charge in [0.25, 0.3) is 0 Å². The Morgan fingerprint density at radius 3 is 2.44 bits per heavy atom. The highest BCUT2D eigenvalue weighted by Crippen LogP contribution is 2.23. The first-order chi connectivity index (χ1) is 12.6. The van der Waals surface area contributed by atoms with Gasteiger partial charge in [0.15, 0.2) is 0 Å². The van der Waals surface area contributed by atoms with Crippen LogP contribution < -0.4 is 16.0 Å². The van der Waals surface area contributed by atoms with E-state index in [-0.39, 0.29) is 36.4 Å². The summed E-state index contributed by atoms with van der Waals surface area (Å²) >= 11 is 0. The number of carbonyl (C=O) groups is 3. The maximum atomic E-state index is 13.0. The summed E-state index contributed by atoms with van der Waals surface area (Å²) in [6.45, 7) is 5.16. The van der Waals surface area contributed by atoms with Crippen molar-refractivity contribution in [1.29, 1.82) is 0 Å². The largest absolute Gasteiger partial charge is 0.354 e. The van der Waals surface area contributed by atoms with Crippen molar-refractivity contribution in [3.8, 4) is 0 Å². The zero-order valence-electron chi connectivity index (χ0n) is 15.5. The second-order valence-electron chi connectivity index (χ2n) is 6.55. The van der Waals surface area contributed by atoms with Gasteiger partial charge in [0, 0.05) is 31.7 Å². The van der Waals surface area contributed by atoms with E-state index in [0.717, 1.165) is 4.31 Å². The van der Waals surface area contributed by atoms with Crippen molar-refractivity contribution in [3.05, 3.63) is 24.3 Å². The molecule has 3 amide bonds. The minimum absolute atomic E-state index is 0.0134. The lowest BCUT2D eigenvalue weighted by molar-refractivity contribution is -0.131. The first-order valence-corrected chi connectivity index (χ1v) is 10.0. The van der Waals surface area contributed by atoms with Crippen LogP contribution >= 0.6 is 0 Å². The van der Waals surface area contributed by atoms with Gasteiger partial charge in [-0.2, -0.15) is 4.31 Å². The number of hydrogen-bond donors (Lipinski definition) is 3. The van der Waals surface area contributed by atoms with Crippen LogP contribution in [0.2, 0.25) is 0 Å². The molecule has 0 radical (unpaired) electrons. The fourth-order valence-electron chi connectivity index (χ4n) is 2.78. The average molecular weight is 396 g/mol. The quantitative estimate of drug-likeness (QED) is 0.627. The topological polar surface area (TPSA) is 125 Å². The van der Waals surface area contributed by atoms with Crippen molar-refractivity contribution in [2.45, 2.75) is 44.2 Å². The Morgan fingerprint density at radius 2 is 1.89 bits per heavy atom. The summed E-state index contributed by atoms with van der Waals surface area (Å²) in [5, 5.41) is 7.83. The van der Waals surface area contributed by atoms with E-state index in [0.29, 0.717) is 5.69 Å². The summed E-state index contributed by atoms with van der Waals surface area (Å²) in [6, 6.07) is 4.43. The van der Waals surface area contributed by atoms with E-state index in [1.165, 1.54) is 31.2 Å². The Bertz CT molecular complexity index is 820. The smallest absolute Gasteiger partial charge is 0.243 e. The molecule has 0 saturated carbocycles. The molecule has 0 aromatic heterocycles. The van der Waals surface area contributed by atoms with Crippen molar-refractivity contribution in [2.75, 3.05) is 18.4 Å². The van der Waals surface area contributed by atoms with E-state index in [1.54, 1.807) is 13.8 Å². The van der Waals surface area contributed by atoms with Gasteiger partial charge >= 0.3 is 0 Å². The van der Waals surface area contributed by atoms with Crippen LogP contribution in [0.5, 0.6) is 0 Å². The normalized spacial score (nSPS) is 18.1. The lowest BCUT2D eigenvalue weighted by atomic mass is 10.1. The number of benzene rings is 1. The molecule has 148 valence electrons. The van der Waals surface area contributed by atoms with Crippen LogP contribution in [0.1, 0.15) is 27.2 Å². The summed E-state index contributed by atoms with van der Waals surface area (Å²) in [4.78, 5) is 35.4. The van der Waals surface area contributed by atoms with Crippen molar-refractivity contribution in [3.63, 3.8) is 0 Å². The molecule has 1 unspecified atom stereocenters. The molecule has 1 aliphatic heterocycles. The lowest BCUT2D eigenvalue weighted by Gasteiger charge is -2.33. The Morgan fingerprint density at radius 1 is 1.26 bits per heavy atom. The summed E-state index contributed by atoms with van der Waals surface area (Å²) < 4.78 is 27.1. The van der Waals surface area contributed by atoms with E-state index in [4.69, 9.17) is 0 Å². The number of anilines is 1. The molecule has 3 N–H and O–H groups in total. The first-order valence-electron chi connectivity index (χ1n) is 8.58. The average Bonchev–Trinajstić information content (AvgIpc) is 2.55. The van der Waals surface area contributed by atoms with Crippen molar-refractivity contribution in [1.82, 2.24) is 14.9 Å². The van der Waals surface area contributed by atoms with Crippen molar-refractivity contribution < 1.29 is 22.8 Å². The molecule has 1 aromatic rings. The van der Waals surface area contributed by atoms with Gasteiger partial charge in [-0.3, -0.25) is 14.4 Å². The number of rotatable bonds is 6. The molecule has 1 atom stereocenters. The molecular weight excluding hydrogens is 372 g/mol. The first kappa shape index (κ1) is 20.8. The van der Waals surface area contributed by atoms with E-state index in [9.17, 15) is 22.8 Å².